The molecule has 4 N–H and O–H groups in total. The predicted molar refractivity (Wildman–Crippen MR) is 72.4 cm³/mol. The minimum Gasteiger partial charge on any atom is -0.397 e. The van der Waals surface area contributed by atoms with Gasteiger partial charge in [-0.1, -0.05) is 30.3 Å². The number of carbonyl (C=O) groups excluding carboxylic acids is 1. The number of nitrogens with zero attached hydrogens (tertiary/aromatic N) is 1. The van der Waals surface area contributed by atoms with Crippen molar-refractivity contribution in [1.29, 1.82) is 0 Å². The van der Waals surface area contributed by atoms with Crippen LogP contribution >= 0.6 is 0 Å². The topological polar surface area (TPSA) is 88.2 Å². The summed E-state index contributed by atoms with van der Waals surface area (Å²) >= 11 is 0. The standard InChI is InChI=1S/C14H15N3O2/c15-11-6-7-12(16-8-11)14(19)17-13(9-18)10-4-2-1-3-5-10/h1-8,13,18H,9,15H2,(H,17,19)/t13-/m0/s1. The first-order valence-corrected chi connectivity index (χ1v) is 5.89. The molecule has 1 aromatic heterocycles. The lowest BCUT2D eigenvalue weighted by atomic mass is 10.1. The van der Waals surface area contributed by atoms with E-state index in [2.05, 4.69) is 10.3 Å². The van der Waals surface area contributed by atoms with Crippen LogP contribution in [-0.2, 0) is 0 Å². The van der Waals surface area contributed by atoms with E-state index in [1.807, 2.05) is 30.3 Å². The molecule has 0 spiro atoms. The van der Waals surface area contributed by atoms with E-state index < -0.39 is 6.04 Å². The van der Waals surface area contributed by atoms with E-state index in [1.165, 1.54) is 6.20 Å². The molecule has 1 atom stereocenters. The predicted octanol–water partition coefficient (Wildman–Crippen LogP) is 1.13. The van der Waals surface area contributed by atoms with Gasteiger partial charge in [0.2, 0.25) is 0 Å². The molecule has 19 heavy (non-hydrogen) atoms. The van der Waals surface area contributed by atoms with Crippen LogP contribution < -0.4 is 11.1 Å². The van der Waals surface area contributed by atoms with Gasteiger partial charge in [-0.15, -0.1) is 0 Å². The van der Waals surface area contributed by atoms with Gasteiger partial charge in [-0.25, -0.2) is 4.98 Å². The van der Waals surface area contributed by atoms with Gasteiger partial charge in [0, 0.05) is 0 Å². The maximum absolute atomic E-state index is 12.0. The number of aliphatic hydroxyl groups excluding tert-OH is 1. The van der Waals surface area contributed by atoms with Crippen molar-refractivity contribution in [3.05, 3.63) is 59.9 Å². The number of nitrogens with one attached hydrogen (secondary N) is 1. The maximum Gasteiger partial charge on any atom is 0.270 e. The third kappa shape index (κ3) is 3.29. The number of aliphatic hydroxyl groups is 1. The SMILES string of the molecule is Nc1ccc(C(=O)N[C@@H](CO)c2ccccc2)nc1. The van der Waals surface area contributed by atoms with Crippen LogP contribution in [0.15, 0.2) is 48.7 Å². The Morgan fingerprint density at radius 1 is 1.26 bits per heavy atom. The molecule has 2 rings (SSSR count). The van der Waals surface area contributed by atoms with Crippen LogP contribution in [0, 0.1) is 0 Å². The van der Waals surface area contributed by atoms with Gasteiger partial charge in [0.25, 0.3) is 5.91 Å². The highest BCUT2D eigenvalue weighted by atomic mass is 16.3. The van der Waals surface area contributed by atoms with E-state index in [4.69, 9.17) is 5.73 Å². The van der Waals surface area contributed by atoms with Gasteiger partial charge in [0.15, 0.2) is 0 Å². The summed E-state index contributed by atoms with van der Waals surface area (Å²) in [5.41, 5.74) is 7.12. The van der Waals surface area contributed by atoms with Crippen molar-refractivity contribution in [2.45, 2.75) is 6.04 Å². The van der Waals surface area contributed by atoms with Gasteiger partial charge < -0.3 is 16.2 Å². The molecule has 0 radical (unpaired) electrons. The van der Waals surface area contributed by atoms with Crippen LogP contribution in [-0.4, -0.2) is 22.6 Å². The summed E-state index contributed by atoms with van der Waals surface area (Å²) in [6, 6.07) is 12.0. The van der Waals surface area contributed by atoms with Gasteiger partial charge in [0.1, 0.15) is 5.69 Å². The van der Waals surface area contributed by atoms with E-state index in [-0.39, 0.29) is 18.2 Å². The fourth-order valence-electron chi connectivity index (χ4n) is 1.69. The fraction of sp³-hybridized carbons (Fsp3) is 0.143. The second kappa shape index (κ2) is 5.97. The summed E-state index contributed by atoms with van der Waals surface area (Å²) < 4.78 is 0. The average Bonchev–Trinajstić information content (AvgIpc) is 2.46. The number of hydrogen-bond acceptors (Lipinski definition) is 4. The molecule has 0 unspecified atom stereocenters. The smallest absolute Gasteiger partial charge is 0.270 e. The highest BCUT2D eigenvalue weighted by Crippen LogP contribution is 2.12. The number of hydrogen-bond donors (Lipinski definition) is 3. The van der Waals surface area contributed by atoms with Crippen molar-refractivity contribution in [3.8, 4) is 0 Å². The lowest BCUT2D eigenvalue weighted by Crippen LogP contribution is -2.31. The van der Waals surface area contributed by atoms with Crippen LogP contribution in [0.3, 0.4) is 0 Å². The zero-order valence-corrected chi connectivity index (χ0v) is 10.3. The van der Waals surface area contributed by atoms with Gasteiger partial charge in [-0.05, 0) is 17.7 Å². The third-order valence-corrected chi connectivity index (χ3v) is 2.71. The van der Waals surface area contributed by atoms with Crippen LogP contribution in [0.25, 0.3) is 0 Å². The zero-order chi connectivity index (χ0) is 13.7. The minimum absolute atomic E-state index is 0.176. The number of nitrogen functional groups attached to an aromatic ring is 1. The van der Waals surface area contributed by atoms with E-state index in [1.54, 1.807) is 12.1 Å². The number of rotatable bonds is 4. The summed E-state index contributed by atoms with van der Waals surface area (Å²) in [4.78, 5) is 15.9. The summed E-state index contributed by atoms with van der Waals surface area (Å²) in [6.07, 6.45) is 1.42. The molecule has 0 saturated heterocycles. The van der Waals surface area contributed by atoms with Crippen LogP contribution in [0.5, 0.6) is 0 Å². The van der Waals surface area contributed by atoms with Crippen LogP contribution in [0.1, 0.15) is 22.1 Å². The number of anilines is 1. The van der Waals surface area contributed by atoms with E-state index in [0.29, 0.717) is 5.69 Å². The molecule has 98 valence electrons. The van der Waals surface area contributed by atoms with E-state index >= 15 is 0 Å². The summed E-state index contributed by atoms with van der Waals surface area (Å²) in [7, 11) is 0. The molecule has 1 amide bonds. The minimum atomic E-state index is -0.451. The van der Waals surface area contributed by atoms with Crippen molar-refractivity contribution in [1.82, 2.24) is 10.3 Å². The van der Waals surface area contributed by atoms with E-state index in [9.17, 15) is 9.90 Å². The average molecular weight is 257 g/mol. The molecule has 0 aliphatic carbocycles. The first kappa shape index (κ1) is 13.0. The van der Waals surface area contributed by atoms with E-state index in [0.717, 1.165) is 5.56 Å². The van der Waals surface area contributed by atoms with Crippen LogP contribution in [0.4, 0.5) is 5.69 Å². The molecule has 0 fully saturated rings. The molecular weight excluding hydrogens is 242 g/mol. The molecule has 1 aromatic carbocycles. The number of aromatic nitrogens is 1. The maximum atomic E-state index is 12.0. The van der Waals surface area contributed by atoms with Crippen molar-refractivity contribution in [2.75, 3.05) is 12.3 Å². The van der Waals surface area contributed by atoms with Gasteiger partial charge in [0.05, 0.1) is 24.5 Å². The Bertz CT molecular complexity index is 540. The Hall–Kier alpha value is -2.40. The molecular formula is C14H15N3O2. The first-order valence-electron chi connectivity index (χ1n) is 5.89. The molecule has 5 nitrogen and oxygen atoms in total. The molecule has 1 heterocycles. The van der Waals surface area contributed by atoms with Crippen LogP contribution in [0.2, 0.25) is 0 Å². The number of pyridine rings is 1. The highest BCUT2D eigenvalue weighted by molar-refractivity contribution is 5.92. The highest BCUT2D eigenvalue weighted by Gasteiger charge is 2.15. The Morgan fingerprint density at radius 2 is 2.00 bits per heavy atom. The molecule has 0 aliphatic rings. The molecule has 0 saturated carbocycles. The number of carbonyl (C=O) groups is 1. The summed E-state index contributed by atoms with van der Waals surface area (Å²) in [5, 5.41) is 12.1. The van der Waals surface area contributed by atoms with Crippen molar-refractivity contribution < 1.29 is 9.90 Å². The lowest BCUT2D eigenvalue weighted by Gasteiger charge is -2.16. The Morgan fingerprint density at radius 3 is 2.58 bits per heavy atom. The number of amides is 1. The largest absolute Gasteiger partial charge is 0.397 e. The first-order chi connectivity index (χ1) is 9.20. The molecule has 5 heteroatoms. The fourth-order valence-corrected chi connectivity index (χ4v) is 1.69. The number of nitrogens with two attached hydrogens (primary N) is 1. The molecule has 0 bridgehead atoms. The normalized spacial score (nSPS) is 11.8. The monoisotopic (exact) mass is 257 g/mol. The second-order valence-corrected chi connectivity index (χ2v) is 4.10. The third-order valence-electron chi connectivity index (χ3n) is 2.71. The zero-order valence-electron chi connectivity index (χ0n) is 10.3. The Kier molecular flexibility index (Phi) is 4.10. The van der Waals surface area contributed by atoms with Gasteiger partial charge in [-0.3, -0.25) is 4.79 Å². The second-order valence-electron chi connectivity index (χ2n) is 4.10. The Labute approximate surface area is 111 Å². The van der Waals surface area contributed by atoms with Gasteiger partial charge >= 0.3 is 0 Å². The lowest BCUT2D eigenvalue weighted by molar-refractivity contribution is 0.0911. The molecule has 2 aromatic rings. The Balaban J connectivity index is 2.10. The van der Waals surface area contributed by atoms with Crippen molar-refractivity contribution in [2.24, 2.45) is 0 Å². The summed E-state index contributed by atoms with van der Waals surface area (Å²) in [5.74, 6) is -0.345. The number of benzene rings is 1. The quantitative estimate of drug-likeness (QED) is 0.766. The summed E-state index contributed by atoms with van der Waals surface area (Å²) in [6.45, 7) is -0.176. The van der Waals surface area contributed by atoms with Crippen molar-refractivity contribution in [3.63, 3.8) is 0 Å². The van der Waals surface area contributed by atoms with Gasteiger partial charge in [-0.2, -0.15) is 0 Å². The van der Waals surface area contributed by atoms with Crippen molar-refractivity contribution >= 4 is 11.6 Å². The molecule has 0 aliphatic heterocycles.